The normalized spacial score (nSPS) is 10.6. The minimum absolute atomic E-state index is 0.342. The molecule has 0 atom stereocenters. The molecule has 0 aromatic carbocycles. The molecular weight excluding hydrogens is 218 g/mol. The van der Waals surface area contributed by atoms with E-state index in [0.29, 0.717) is 11.6 Å². The zero-order valence-corrected chi connectivity index (χ0v) is 8.83. The topological polar surface area (TPSA) is 78.1 Å². The second kappa shape index (κ2) is 3.79. The molecule has 0 radical (unpaired) electrons. The third kappa shape index (κ3) is 1.57. The summed E-state index contributed by atoms with van der Waals surface area (Å²) in [5.41, 5.74) is 8.21. The summed E-state index contributed by atoms with van der Waals surface area (Å²) in [5, 5.41) is 3.78. The molecule has 0 bridgehead atoms. The van der Waals surface area contributed by atoms with E-state index in [-0.39, 0.29) is 0 Å². The van der Waals surface area contributed by atoms with Gasteiger partial charge in [-0.15, -0.1) is 0 Å². The van der Waals surface area contributed by atoms with Crippen molar-refractivity contribution >= 4 is 5.82 Å². The molecule has 84 valence electrons. The third-order valence-corrected chi connectivity index (χ3v) is 2.45. The Hall–Kier alpha value is -2.56. The molecule has 0 amide bonds. The molecule has 3 rings (SSSR count). The maximum atomic E-state index is 5.82. The van der Waals surface area contributed by atoms with Crippen LogP contribution in [0.15, 0.2) is 52.1 Å². The zero-order chi connectivity index (χ0) is 11.7. The quantitative estimate of drug-likeness (QED) is 0.727. The molecule has 3 aromatic heterocycles. The molecule has 0 aliphatic rings. The Bertz CT molecular complexity index is 615. The minimum Gasteiger partial charge on any atom is -0.472 e. The third-order valence-electron chi connectivity index (χ3n) is 2.45. The Morgan fingerprint density at radius 1 is 1.18 bits per heavy atom. The molecular formula is C12H9N3O2. The van der Waals surface area contributed by atoms with E-state index in [2.05, 4.69) is 10.1 Å². The number of nitrogens with two attached hydrogens (primary N) is 1. The van der Waals surface area contributed by atoms with E-state index in [1.165, 1.54) is 0 Å². The first kappa shape index (κ1) is 9.65. The van der Waals surface area contributed by atoms with E-state index in [9.17, 15) is 0 Å². The van der Waals surface area contributed by atoms with Crippen LogP contribution in [0.1, 0.15) is 0 Å². The van der Waals surface area contributed by atoms with Gasteiger partial charge in [-0.3, -0.25) is 4.98 Å². The van der Waals surface area contributed by atoms with E-state index >= 15 is 0 Å². The highest BCUT2D eigenvalue weighted by Crippen LogP contribution is 2.36. The molecule has 0 spiro atoms. The van der Waals surface area contributed by atoms with Gasteiger partial charge in [-0.1, -0.05) is 11.2 Å². The largest absolute Gasteiger partial charge is 0.472 e. The fourth-order valence-electron chi connectivity index (χ4n) is 1.68. The molecule has 5 nitrogen and oxygen atoms in total. The van der Waals surface area contributed by atoms with E-state index in [1.807, 2.05) is 12.1 Å². The van der Waals surface area contributed by atoms with Crippen LogP contribution in [-0.2, 0) is 0 Å². The van der Waals surface area contributed by atoms with Gasteiger partial charge in [0.1, 0.15) is 6.26 Å². The van der Waals surface area contributed by atoms with Crippen LogP contribution >= 0.6 is 0 Å². The van der Waals surface area contributed by atoms with Crippen molar-refractivity contribution in [2.24, 2.45) is 0 Å². The molecule has 0 saturated carbocycles. The van der Waals surface area contributed by atoms with Crippen LogP contribution in [0.25, 0.3) is 22.5 Å². The summed E-state index contributed by atoms with van der Waals surface area (Å²) in [7, 11) is 0. The van der Waals surface area contributed by atoms with Crippen molar-refractivity contribution < 1.29 is 8.94 Å². The van der Waals surface area contributed by atoms with E-state index in [0.717, 1.165) is 16.7 Å². The van der Waals surface area contributed by atoms with Crippen LogP contribution in [0.3, 0.4) is 0 Å². The summed E-state index contributed by atoms with van der Waals surface area (Å²) in [5.74, 6) is 0.929. The average Bonchev–Trinajstić information content (AvgIpc) is 2.98. The number of nitrogen functional groups attached to an aromatic ring is 1. The first-order valence-electron chi connectivity index (χ1n) is 5.04. The summed E-state index contributed by atoms with van der Waals surface area (Å²) in [6.45, 7) is 0. The highest BCUT2D eigenvalue weighted by atomic mass is 16.5. The summed E-state index contributed by atoms with van der Waals surface area (Å²) in [6.07, 6.45) is 6.57. The number of nitrogens with zero attached hydrogens (tertiary/aromatic N) is 2. The van der Waals surface area contributed by atoms with Gasteiger partial charge in [0, 0.05) is 18.0 Å². The van der Waals surface area contributed by atoms with Crippen molar-refractivity contribution in [2.75, 3.05) is 5.73 Å². The van der Waals surface area contributed by atoms with Crippen LogP contribution in [0.2, 0.25) is 0 Å². The standard InChI is InChI=1S/C12H9N3O2/c13-12-10(8-2-1-4-14-6-8)11(17-15-12)9-3-5-16-7-9/h1-7H,(H2,13,15). The monoisotopic (exact) mass is 227 g/mol. The summed E-state index contributed by atoms with van der Waals surface area (Å²) < 4.78 is 10.3. The van der Waals surface area contributed by atoms with Gasteiger partial charge >= 0.3 is 0 Å². The number of furan rings is 1. The van der Waals surface area contributed by atoms with Crippen LogP contribution in [0.5, 0.6) is 0 Å². The lowest BCUT2D eigenvalue weighted by Gasteiger charge is -1.99. The number of hydrogen-bond acceptors (Lipinski definition) is 5. The molecule has 0 aliphatic heterocycles. The van der Waals surface area contributed by atoms with Gasteiger partial charge in [-0.25, -0.2) is 0 Å². The van der Waals surface area contributed by atoms with Gasteiger partial charge in [0.15, 0.2) is 11.6 Å². The summed E-state index contributed by atoms with van der Waals surface area (Å²) in [6, 6.07) is 5.53. The highest BCUT2D eigenvalue weighted by molar-refractivity contribution is 5.85. The van der Waals surface area contributed by atoms with E-state index in [1.54, 1.807) is 31.0 Å². The fourth-order valence-corrected chi connectivity index (χ4v) is 1.68. The maximum Gasteiger partial charge on any atom is 0.180 e. The van der Waals surface area contributed by atoms with Crippen LogP contribution < -0.4 is 5.73 Å². The first-order valence-corrected chi connectivity index (χ1v) is 5.04. The first-order chi connectivity index (χ1) is 8.36. The van der Waals surface area contributed by atoms with E-state index in [4.69, 9.17) is 14.7 Å². The molecule has 2 N–H and O–H groups in total. The van der Waals surface area contributed by atoms with Crippen molar-refractivity contribution in [1.29, 1.82) is 0 Å². The number of aromatic nitrogens is 2. The lowest BCUT2D eigenvalue weighted by atomic mass is 10.1. The smallest absolute Gasteiger partial charge is 0.180 e. The highest BCUT2D eigenvalue weighted by Gasteiger charge is 2.18. The van der Waals surface area contributed by atoms with Crippen molar-refractivity contribution in [3.05, 3.63) is 43.1 Å². The number of hydrogen-bond donors (Lipinski definition) is 1. The predicted octanol–water partition coefficient (Wildman–Crippen LogP) is 2.58. The SMILES string of the molecule is Nc1noc(-c2ccoc2)c1-c1cccnc1. The van der Waals surface area contributed by atoms with Crippen molar-refractivity contribution in [3.8, 4) is 22.5 Å². The lowest BCUT2D eigenvalue weighted by Crippen LogP contribution is -1.88. The predicted molar refractivity (Wildman–Crippen MR) is 61.8 cm³/mol. The number of anilines is 1. The Morgan fingerprint density at radius 2 is 2.12 bits per heavy atom. The number of pyridine rings is 1. The van der Waals surface area contributed by atoms with Gasteiger partial charge in [-0.05, 0) is 12.1 Å². The molecule has 0 aliphatic carbocycles. The van der Waals surface area contributed by atoms with Gasteiger partial charge in [-0.2, -0.15) is 0 Å². The molecule has 0 unspecified atom stereocenters. The van der Waals surface area contributed by atoms with Gasteiger partial charge in [0.05, 0.1) is 17.4 Å². The van der Waals surface area contributed by atoms with E-state index < -0.39 is 0 Å². The minimum atomic E-state index is 0.342. The van der Waals surface area contributed by atoms with Gasteiger partial charge in [0.2, 0.25) is 0 Å². The molecule has 0 saturated heterocycles. The van der Waals surface area contributed by atoms with Crippen molar-refractivity contribution in [2.45, 2.75) is 0 Å². The second-order valence-corrected chi connectivity index (χ2v) is 3.53. The van der Waals surface area contributed by atoms with Crippen molar-refractivity contribution in [1.82, 2.24) is 10.1 Å². The summed E-state index contributed by atoms with van der Waals surface area (Å²) >= 11 is 0. The van der Waals surface area contributed by atoms with Gasteiger partial charge in [0.25, 0.3) is 0 Å². The Morgan fingerprint density at radius 3 is 2.82 bits per heavy atom. The fraction of sp³-hybridized carbons (Fsp3) is 0. The Balaban J connectivity index is 2.20. The molecule has 17 heavy (non-hydrogen) atoms. The zero-order valence-electron chi connectivity index (χ0n) is 8.83. The molecule has 0 fully saturated rings. The number of rotatable bonds is 2. The summed E-state index contributed by atoms with van der Waals surface area (Å²) in [4.78, 5) is 4.06. The van der Waals surface area contributed by atoms with Crippen molar-refractivity contribution in [3.63, 3.8) is 0 Å². The van der Waals surface area contributed by atoms with Crippen LogP contribution in [0, 0.1) is 0 Å². The molecule has 3 heterocycles. The molecule has 5 heteroatoms. The Kier molecular flexibility index (Phi) is 2.15. The van der Waals surface area contributed by atoms with Gasteiger partial charge < -0.3 is 14.7 Å². The second-order valence-electron chi connectivity index (χ2n) is 3.53. The van der Waals surface area contributed by atoms with Crippen LogP contribution in [-0.4, -0.2) is 10.1 Å². The lowest BCUT2D eigenvalue weighted by molar-refractivity contribution is 0.435. The molecule has 3 aromatic rings. The maximum absolute atomic E-state index is 5.82. The average molecular weight is 227 g/mol. The Labute approximate surface area is 96.9 Å². The van der Waals surface area contributed by atoms with Crippen LogP contribution in [0.4, 0.5) is 5.82 Å².